The molecule has 0 saturated heterocycles. The number of thioether (sulfide) groups is 1. The first-order valence-electron chi connectivity index (χ1n) is 10.1. The molecule has 0 fully saturated rings. The maximum Gasteiger partial charge on any atom is 0.266 e. The number of methoxy groups -OCH3 is 1. The van der Waals surface area contributed by atoms with E-state index in [1.165, 1.54) is 11.8 Å². The third kappa shape index (κ3) is 3.78. The lowest BCUT2D eigenvalue weighted by molar-refractivity contribution is 0.411. The van der Waals surface area contributed by atoms with Gasteiger partial charge in [-0.05, 0) is 48.0 Å². The average molecular weight is 441 g/mol. The normalized spacial score (nSPS) is 11.0. The van der Waals surface area contributed by atoms with Gasteiger partial charge in [0.25, 0.3) is 5.56 Å². The minimum atomic E-state index is -0.114. The van der Waals surface area contributed by atoms with E-state index in [0.717, 1.165) is 11.3 Å². The Balaban J connectivity index is 1.54. The van der Waals surface area contributed by atoms with Crippen LogP contribution >= 0.6 is 11.8 Å². The molecule has 0 bridgehead atoms. The molecular formula is C25H20N4O2S. The van der Waals surface area contributed by atoms with Gasteiger partial charge in [-0.1, -0.05) is 48.2 Å². The Hall–Kier alpha value is -3.84. The van der Waals surface area contributed by atoms with Crippen molar-refractivity contribution in [1.29, 1.82) is 0 Å². The second-order valence-electron chi connectivity index (χ2n) is 7.13. The summed E-state index contributed by atoms with van der Waals surface area (Å²) in [5, 5.41) is 5.46. The highest BCUT2D eigenvalue weighted by molar-refractivity contribution is 7.98. The average Bonchev–Trinajstić information content (AvgIpc) is 3.38. The van der Waals surface area contributed by atoms with E-state index in [4.69, 9.17) is 9.72 Å². The Bertz CT molecular complexity index is 1430. The van der Waals surface area contributed by atoms with Crippen LogP contribution in [0.25, 0.3) is 22.3 Å². The molecule has 0 aliphatic carbocycles. The number of benzene rings is 3. The van der Waals surface area contributed by atoms with E-state index in [1.807, 2.05) is 71.5 Å². The van der Waals surface area contributed by atoms with Gasteiger partial charge in [-0.15, -0.1) is 0 Å². The molecule has 0 aliphatic heterocycles. The fourth-order valence-corrected chi connectivity index (χ4v) is 4.51. The van der Waals surface area contributed by atoms with E-state index in [-0.39, 0.29) is 5.56 Å². The van der Waals surface area contributed by atoms with Gasteiger partial charge >= 0.3 is 0 Å². The molecule has 0 radical (unpaired) electrons. The quantitative estimate of drug-likeness (QED) is 0.278. The summed E-state index contributed by atoms with van der Waals surface area (Å²) in [5.74, 6) is 1.29. The molecule has 0 atom stereocenters. The van der Waals surface area contributed by atoms with Crippen LogP contribution in [0.2, 0.25) is 0 Å². The summed E-state index contributed by atoms with van der Waals surface area (Å²) >= 11 is 1.52. The summed E-state index contributed by atoms with van der Waals surface area (Å²) in [6.07, 6.45) is 3.67. The molecule has 5 aromatic rings. The predicted octanol–water partition coefficient (Wildman–Crippen LogP) is 4.87. The highest BCUT2D eigenvalue weighted by atomic mass is 32.2. The van der Waals surface area contributed by atoms with Gasteiger partial charge in [-0.25, -0.2) is 9.67 Å². The van der Waals surface area contributed by atoms with E-state index in [9.17, 15) is 4.79 Å². The molecule has 0 aliphatic rings. The van der Waals surface area contributed by atoms with Crippen molar-refractivity contribution < 1.29 is 4.74 Å². The summed E-state index contributed by atoms with van der Waals surface area (Å²) in [5.41, 5.74) is 3.37. The second kappa shape index (κ2) is 8.72. The summed E-state index contributed by atoms with van der Waals surface area (Å²) in [6.45, 7) is 0. The summed E-state index contributed by atoms with van der Waals surface area (Å²) in [6, 6.07) is 25.0. The zero-order valence-electron chi connectivity index (χ0n) is 17.4. The minimum Gasteiger partial charge on any atom is -0.495 e. The van der Waals surface area contributed by atoms with Crippen LogP contribution < -0.4 is 10.3 Å². The van der Waals surface area contributed by atoms with E-state index < -0.39 is 0 Å². The molecular weight excluding hydrogens is 420 g/mol. The standard InChI is InChI=1S/C25H20N4O2S/c1-31-23-10-5-4-9-22(23)29-24(30)20-7-2-3-8-21(20)27-25(29)32-17-18-11-13-19(14-12-18)28-16-6-15-26-28/h2-16H,17H2,1H3. The van der Waals surface area contributed by atoms with Gasteiger partial charge in [0.1, 0.15) is 5.75 Å². The predicted molar refractivity (Wildman–Crippen MR) is 127 cm³/mol. The summed E-state index contributed by atoms with van der Waals surface area (Å²) < 4.78 is 8.99. The number of para-hydroxylation sites is 3. The van der Waals surface area contributed by atoms with Crippen LogP contribution in [0.4, 0.5) is 0 Å². The Kier molecular flexibility index (Phi) is 5.47. The SMILES string of the molecule is COc1ccccc1-n1c(SCc2ccc(-n3cccn3)cc2)nc2ccccc2c1=O. The zero-order valence-corrected chi connectivity index (χ0v) is 18.2. The molecule has 7 heteroatoms. The fourth-order valence-electron chi connectivity index (χ4n) is 3.55. The van der Waals surface area contributed by atoms with Crippen LogP contribution in [0.3, 0.4) is 0 Å². The number of nitrogens with zero attached hydrogens (tertiary/aromatic N) is 4. The number of hydrogen-bond donors (Lipinski definition) is 0. The number of fused-ring (bicyclic) bond motifs is 1. The van der Waals surface area contributed by atoms with Gasteiger partial charge < -0.3 is 4.74 Å². The Labute approximate surface area is 189 Å². The van der Waals surface area contributed by atoms with Crippen molar-refractivity contribution in [2.75, 3.05) is 7.11 Å². The maximum absolute atomic E-state index is 13.4. The summed E-state index contributed by atoms with van der Waals surface area (Å²) in [7, 11) is 1.60. The van der Waals surface area contributed by atoms with Gasteiger partial charge in [0, 0.05) is 18.1 Å². The Morgan fingerprint density at radius 1 is 0.938 bits per heavy atom. The highest BCUT2D eigenvalue weighted by Gasteiger charge is 2.16. The lowest BCUT2D eigenvalue weighted by Gasteiger charge is -2.15. The molecule has 0 saturated carbocycles. The zero-order chi connectivity index (χ0) is 21.9. The molecule has 2 heterocycles. The highest BCUT2D eigenvalue weighted by Crippen LogP contribution is 2.29. The van der Waals surface area contributed by atoms with Crippen LogP contribution in [0.5, 0.6) is 5.75 Å². The van der Waals surface area contributed by atoms with Crippen molar-refractivity contribution in [3.05, 3.63) is 107 Å². The number of aromatic nitrogens is 4. The van der Waals surface area contributed by atoms with Crippen LogP contribution in [-0.2, 0) is 5.75 Å². The molecule has 0 N–H and O–H groups in total. The van der Waals surface area contributed by atoms with Crippen LogP contribution in [-0.4, -0.2) is 26.4 Å². The van der Waals surface area contributed by atoms with E-state index >= 15 is 0 Å². The Morgan fingerprint density at radius 2 is 1.72 bits per heavy atom. The van der Waals surface area contributed by atoms with Gasteiger partial charge in [0.15, 0.2) is 5.16 Å². The molecule has 0 spiro atoms. The first-order valence-corrected chi connectivity index (χ1v) is 11.1. The Morgan fingerprint density at radius 3 is 2.50 bits per heavy atom. The third-order valence-corrected chi connectivity index (χ3v) is 6.15. The maximum atomic E-state index is 13.4. The molecule has 6 nitrogen and oxygen atoms in total. The molecule has 5 rings (SSSR count). The van der Waals surface area contributed by atoms with Crippen LogP contribution in [0.1, 0.15) is 5.56 Å². The first-order chi connectivity index (χ1) is 15.7. The van der Waals surface area contributed by atoms with Crippen molar-refractivity contribution in [2.45, 2.75) is 10.9 Å². The molecule has 0 unspecified atom stereocenters. The van der Waals surface area contributed by atoms with Gasteiger partial charge in [-0.3, -0.25) is 9.36 Å². The van der Waals surface area contributed by atoms with E-state index in [0.29, 0.717) is 33.2 Å². The number of hydrogen-bond acceptors (Lipinski definition) is 5. The largest absolute Gasteiger partial charge is 0.495 e. The van der Waals surface area contributed by atoms with Crippen molar-refractivity contribution in [2.24, 2.45) is 0 Å². The van der Waals surface area contributed by atoms with E-state index in [2.05, 4.69) is 17.2 Å². The lowest BCUT2D eigenvalue weighted by atomic mass is 10.2. The van der Waals surface area contributed by atoms with Crippen LogP contribution in [0.15, 0.2) is 101 Å². The third-order valence-electron chi connectivity index (χ3n) is 5.14. The van der Waals surface area contributed by atoms with Crippen molar-refractivity contribution in [1.82, 2.24) is 19.3 Å². The van der Waals surface area contributed by atoms with Gasteiger partial charge in [0.2, 0.25) is 0 Å². The van der Waals surface area contributed by atoms with Gasteiger partial charge in [-0.2, -0.15) is 5.10 Å². The fraction of sp³-hybridized carbons (Fsp3) is 0.0800. The second-order valence-corrected chi connectivity index (χ2v) is 8.07. The van der Waals surface area contributed by atoms with Crippen molar-refractivity contribution >= 4 is 22.7 Å². The van der Waals surface area contributed by atoms with E-state index in [1.54, 1.807) is 23.9 Å². The van der Waals surface area contributed by atoms with Crippen molar-refractivity contribution in [3.8, 4) is 17.1 Å². The number of rotatable bonds is 6. The van der Waals surface area contributed by atoms with Crippen LogP contribution in [0, 0.1) is 0 Å². The number of ether oxygens (including phenoxy) is 1. The molecule has 32 heavy (non-hydrogen) atoms. The molecule has 2 aromatic heterocycles. The summed E-state index contributed by atoms with van der Waals surface area (Å²) in [4.78, 5) is 18.3. The minimum absolute atomic E-state index is 0.114. The monoisotopic (exact) mass is 440 g/mol. The molecule has 3 aromatic carbocycles. The topological polar surface area (TPSA) is 61.9 Å². The first kappa shape index (κ1) is 20.1. The molecule has 0 amide bonds. The lowest BCUT2D eigenvalue weighted by Crippen LogP contribution is -2.22. The smallest absolute Gasteiger partial charge is 0.266 e. The van der Waals surface area contributed by atoms with Crippen molar-refractivity contribution in [3.63, 3.8) is 0 Å². The van der Waals surface area contributed by atoms with Gasteiger partial charge in [0.05, 0.1) is 29.4 Å². The molecule has 158 valence electrons.